The maximum absolute atomic E-state index is 12.3. The summed E-state index contributed by atoms with van der Waals surface area (Å²) < 4.78 is 0. The molecule has 1 saturated heterocycles. The molecule has 1 aliphatic heterocycles. The largest absolute Gasteiger partial charge is 0.390 e. The molecule has 1 fully saturated rings. The monoisotopic (exact) mass is 394 g/mol. The number of aliphatic hydroxyl groups is 1. The molecule has 1 aromatic carbocycles. The van der Waals surface area contributed by atoms with Crippen molar-refractivity contribution in [3.63, 3.8) is 0 Å². The molecule has 0 spiro atoms. The first-order valence-electron chi connectivity index (χ1n) is 9.85. The van der Waals surface area contributed by atoms with Gasteiger partial charge >= 0.3 is 6.03 Å². The summed E-state index contributed by atoms with van der Waals surface area (Å²) in [5.74, 6) is 1.28. The molecule has 2 amide bonds. The van der Waals surface area contributed by atoms with Crippen LogP contribution in [-0.4, -0.2) is 45.0 Å². The van der Waals surface area contributed by atoms with Gasteiger partial charge < -0.3 is 15.3 Å². The van der Waals surface area contributed by atoms with Crippen molar-refractivity contribution in [2.75, 3.05) is 23.3 Å². The molecule has 0 bridgehead atoms. The van der Waals surface area contributed by atoms with Gasteiger partial charge in [0.05, 0.1) is 22.5 Å². The number of nitrogens with one attached hydrogen (secondary N) is 3. The van der Waals surface area contributed by atoms with Gasteiger partial charge in [-0.3, -0.25) is 10.4 Å². The Morgan fingerprint density at radius 2 is 2.00 bits per heavy atom. The Morgan fingerprint density at radius 3 is 2.72 bits per heavy atom. The van der Waals surface area contributed by atoms with Crippen LogP contribution in [0.2, 0.25) is 0 Å². The molecule has 1 aliphatic rings. The maximum atomic E-state index is 12.3. The zero-order chi connectivity index (χ0) is 20.4. The zero-order valence-corrected chi connectivity index (χ0v) is 16.6. The van der Waals surface area contributed by atoms with Crippen LogP contribution < -0.4 is 15.5 Å². The van der Waals surface area contributed by atoms with E-state index in [-0.39, 0.29) is 12.1 Å². The highest BCUT2D eigenvalue weighted by Crippen LogP contribution is 2.30. The van der Waals surface area contributed by atoms with Gasteiger partial charge in [-0.25, -0.2) is 9.78 Å². The summed E-state index contributed by atoms with van der Waals surface area (Å²) in [5.41, 5.74) is 1.23. The maximum Gasteiger partial charge on any atom is 0.320 e. The Bertz CT molecular complexity index is 991. The third-order valence-electron chi connectivity index (χ3n) is 5.46. The van der Waals surface area contributed by atoms with Gasteiger partial charge in [0.1, 0.15) is 5.82 Å². The third-order valence-corrected chi connectivity index (χ3v) is 5.46. The number of benzene rings is 1. The number of anilines is 2. The van der Waals surface area contributed by atoms with E-state index in [0.717, 1.165) is 35.4 Å². The molecule has 3 heterocycles. The molecule has 0 saturated carbocycles. The minimum Gasteiger partial charge on any atom is -0.390 e. The lowest BCUT2D eigenvalue weighted by molar-refractivity contribution is 0.0350. The zero-order valence-electron chi connectivity index (χ0n) is 16.6. The summed E-state index contributed by atoms with van der Waals surface area (Å²) in [6.45, 7) is 5.29. The van der Waals surface area contributed by atoms with Gasteiger partial charge in [-0.2, -0.15) is 5.10 Å². The van der Waals surface area contributed by atoms with Crippen LogP contribution in [0.1, 0.15) is 38.3 Å². The first kappa shape index (κ1) is 19.2. The molecule has 0 unspecified atom stereocenters. The summed E-state index contributed by atoms with van der Waals surface area (Å²) in [6.07, 6.45) is 3.12. The van der Waals surface area contributed by atoms with E-state index in [1.54, 1.807) is 12.3 Å². The molecule has 0 radical (unpaired) electrons. The number of nitrogens with zero attached hydrogens (tertiary/aromatic N) is 3. The van der Waals surface area contributed by atoms with E-state index >= 15 is 0 Å². The number of pyridine rings is 1. The molecule has 1 atom stereocenters. The number of amides is 2. The standard InChI is InChI=1S/C21H26N6O2/c1-14(15-6-4-3-5-7-15)23-20(28)24-18-12-17-16(13-22-18)19(26-25-17)27-10-8-21(2,29)9-11-27/h3-7,12-14,29H,8-11H2,1-2H3,(H,25,26)(H2,22,23,24,28)/t14-/m1/s1. The van der Waals surface area contributed by atoms with Crippen LogP contribution in [0.5, 0.6) is 0 Å². The van der Waals surface area contributed by atoms with Gasteiger partial charge in [-0.1, -0.05) is 30.3 Å². The highest BCUT2D eigenvalue weighted by molar-refractivity contribution is 5.94. The van der Waals surface area contributed by atoms with Gasteiger partial charge in [-0.15, -0.1) is 0 Å². The molecule has 4 N–H and O–H groups in total. The second-order valence-electron chi connectivity index (χ2n) is 7.88. The van der Waals surface area contributed by atoms with Gasteiger partial charge in [0.25, 0.3) is 0 Å². The topological polar surface area (TPSA) is 106 Å². The second-order valence-corrected chi connectivity index (χ2v) is 7.88. The van der Waals surface area contributed by atoms with Crippen LogP contribution in [0.25, 0.3) is 10.9 Å². The summed E-state index contributed by atoms with van der Waals surface area (Å²) in [6, 6.07) is 11.1. The van der Waals surface area contributed by atoms with E-state index in [4.69, 9.17) is 0 Å². The van der Waals surface area contributed by atoms with E-state index in [0.29, 0.717) is 18.7 Å². The highest BCUT2D eigenvalue weighted by Gasteiger charge is 2.29. The summed E-state index contributed by atoms with van der Waals surface area (Å²) in [5, 5.41) is 24.2. The fourth-order valence-corrected chi connectivity index (χ4v) is 3.58. The average molecular weight is 394 g/mol. The van der Waals surface area contributed by atoms with Crippen LogP contribution >= 0.6 is 0 Å². The van der Waals surface area contributed by atoms with Crippen molar-refractivity contribution in [1.82, 2.24) is 20.5 Å². The molecule has 29 heavy (non-hydrogen) atoms. The fraction of sp³-hybridized carbons (Fsp3) is 0.381. The van der Waals surface area contributed by atoms with Crippen molar-refractivity contribution in [1.29, 1.82) is 0 Å². The number of fused-ring (bicyclic) bond motifs is 1. The van der Waals surface area contributed by atoms with Crippen molar-refractivity contribution < 1.29 is 9.90 Å². The van der Waals surface area contributed by atoms with E-state index in [1.165, 1.54) is 0 Å². The Hall–Kier alpha value is -3.13. The van der Waals surface area contributed by atoms with E-state index < -0.39 is 5.60 Å². The smallest absolute Gasteiger partial charge is 0.320 e. The lowest BCUT2D eigenvalue weighted by atomic mass is 9.94. The molecule has 3 aromatic rings. The minimum atomic E-state index is -0.609. The quantitative estimate of drug-likeness (QED) is 0.544. The number of carbonyl (C=O) groups is 1. The Morgan fingerprint density at radius 1 is 1.28 bits per heavy atom. The fourth-order valence-electron chi connectivity index (χ4n) is 3.58. The van der Waals surface area contributed by atoms with Crippen LogP contribution in [0, 0.1) is 0 Å². The van der Waals surface area contributed by atoms with E-state index in [2.05, 4.69) is 30.7 Å². The molecule has 152 valence electrons. The number of carbonyl (C=O) groups excluding carboxylic acids is 1. The molecule has 8 nitrogen and oxygen atoms in total. The number of hydrogen-bond donors (Lipinski definition) is 4. The molecule has 8 heteroatoms. The molecular weight excluding hydrogens is 368 g/mol. The van der Waals surface area contributed by atoms with Crippen molar-refractivity contribution in [2.24, 2.45) is 0 Å². The average Bonchev–Trinajstić information content (AvgIpc) is 3.12. The minimum absolute atomic E-state index is 0.116. The van der Waals surface area contributed by atoms with Crippen molar-refractivity contribution in [3.05, 3.63) is 48.2 Å². The number of rotatable bonds is 4. The predicted molar refractivity (Wildman–Crippen MR) is 113 cm³/mol. The molecular formula is C21H26N6O2. The Labute approximate surface area is 169 Å². The SMILES string of the molecule is C[C@@H](NC(=O)Nc1cc2[nH]nc(N3CCC(C)(O)CC3)c2cn1)c1ccccc1. The lowest BCUT2D eigenvalue weighted by Gasteiger charge is -2.35. The van der Waals surface area contributed by atoms with Crippen LogP contribution in [-0.2, 0) is 0 Å². The van der Waals surface area contributed by atoms with Crippen LogP contribution in [0.15, 0.2) is 42.6 Å². The first-order valence-corrected chi connectivity index (χ1v) is 9.85. The lowest BCUT2D eigenvalue weighted by Crippen LogP contribution is -2.42. The Kier molecular flexibility index (Phi) is 5.10. The predicted octanol–water partition coefficient (Wildman–Crippen LogP) is 3.19. The van der Waals surface area contributed by atoms with E-state index in [9.17, 15) is 9.90 Å². The molecule has 2 aromatic heterocycles. The Balaban J connectivity index is 1.42. The van der Waals surface area contributed by atoms with Crippen LogP contribution in [0.4, 0.5) is 16.4 Å². The summed E-state index contributed by atoms with van der Waals surface area (Å²) in [7, 11) is 0. The molecule has 4 rings (SSSR count). The van der Waals surface area contributed by atoms with Crippen molar-refractivity contribution in [2.45, 2.75) is 38.3 Å². The number of urea groups is 1. The number of hydrogen-bond acceptors (Lipinski definition) is 5. The van der Waals surface area contributed by atoms with E-state index in [1.807, 2.05) is 44.2 Å². The normalized spacial score (nSPS) is 17.1. The van der Waals surface area contributed by atoms with Crippen LogP contribution in [0.3, 0.4) is 0 Å². The van der Waals surface area contributed by atoms with Crippen molar-refractivity contribution >= 4 is 28.6 Å². The molecule has 0 aliphatic carbocycles. The van der Waals surface area contributed by atoms with Crippen molar-refractivity contribution in [3.8, 4) is 0 Å². The van der Waals surface area contributed by atoms with Gasteiger partial charge in [0.2, 0.25) is 0 Å². The number of H-pyrrole nitrogens is 1. The van der Waals surface area contributed by atoms with Gasteiger partial charge in [-0.05, 0) is 32.3 Å². The summed E-state index contributed by atoms with van der Waals surface area (Å²) in [4.78, 5) is 18.9. The first-order chi connectivity index (χ1) is 13.9. The second kappa shape index (κ2) is 7.71. The third kappa shape index (κ3) is 4.32. The van der Waals surface area contributed by atoms with Gasteiger partial charge in [0.15, 0.2) is 5.82 Å². The van der Waals surface area contributed by atoms with Gasteiger partial charge in [0, 0.05) is 25.4 Å². The number of aromatic amines is 1. The number of piperidine rings is 1. The summed E-state index contributed by atoms with van der Waals surface area (Å²) >= 11 is 0. The number of aromatic nitrogens is 3. The highest BCUT2D eigenvalue weighted by atomic mass is 16.3.